The maximum Gasteiger partial charge on any atom is 0.418 e. The summed E-state index contributed by atoms with van der Waals surface area (Å²) in [5.74, 6) is -4.63. The summed E-state index contributed by atoms with van der Waals surface area (Å²) in [5.41, 5.74) is 1.51. The summed E-state index contributed by atoms with van der Waals surface area (Å²) >= 11 is 12.5. The van der Waals surface area contributed by atoms with E-state index in [9.17, 15) is 43.5 Å². The number of anilines is 2. The lowest BCUT2D eigenvalue weighted by Gasteiger charge is -2.41. The van der Waals surface area contributed by atoms with Gasteiger partial charge >= 0.3 is 24.3 Å². The van der Waals surface area contributed by atoms with Gasteiger partial charge in [0.1, 0.15) is 40.3 Å². The number of thiocarbonyl (C=S) groups is 1. The summed E-state index contributed by atoms with van der Waals surface area (Å²) in [4.78, 5) is 109. The molecule has 4 aliphatic rings. The Morgan fingerprint density at radius 3 is 2.37 bits per heavy atom. The first-order valence-corrected chi connectivity index (χ1v) is 29.7. The Bertz CT molecular complexity index is 2960. The molecule has 4 bridgehead atoms. The molecule has 4 aliphatic heterocycles. The van der Waals surface area contributed by atoms with Gasteiger partial charge < -0.3 is 50.1 Å². The van der Waals surface area contributed by atoms with Gasteiger partial charge in [-0.3, -0.25) is 39.0 Å². The highest BCUT2D eigenvalue weighted by Gasteiger charge is 2.64. The first kappa shape index (κ1) is 68.6. The number of Topliss-reactive ketones (excluding diaryl/α,β-unsaturated/α-hetero) is 1. The highest BCUT2D eigenvalue weighted by atomic mass is 35.5. The Morgan fingerprint density at radius 1 is 1.01 bits per heavy atom. The molecule has 0 radical (unpaired) electrons. The molecule has 2 aromatic carbocycles. The topological polar surface area (TPSA) is 275 Å². The normalized spacial score (nSPS) is 26.2. The number of imide groups is 1. The number of unbranched alkanes of at least 4 members (excludes halogenated alkanes) is 2. The van der Waals surface area contributed by atoms with Crippen LogP contribution in [0.25, 0.3) is 0 Å². The minimum atomic E-state index is -5.12. The van der Waals surface area contributed by atoms with Crippen molar-refractivity contribution in [1.82, 2.24) is 15.5 Å². The molecule has 6 rings (SSSR count). The third kappa shape index (κ3) is 17.6. The van der Waals surface area contributed by atoms with Gasteiger partial charge in [-0.25, -0.2) is 9.59 Å². The van der Waals surface area contributed by atoms with Gasteiger partial charge in [0.15, 0.2) is 5.78 Å². The summed E-state index contributed by atoms with van der Waals surface area (Å²) in [5, 5.41) is 19.5. The number of likely N-dealkylation sites (tertiary alicyclic amines) is 1. The number of ketones is 1. The zero-order valence-electron chi connectivity index (χ0n) is 50.1. The number of carbonyl (C=O) groups is 8. The van der Waals surface area contributed by atoms with E-state index in [1.54, 1.807) is 38.1 Å². The summed E-state index contributed by atoms with van der Waals surface area (Å²) < 4.78 is 74.5. The van der Waals surface area contributed by atoms with E-state index in [4.69, 9.17) is 53.2 Å². The molecule has 86 heavy (non-hydrogen) atoms. The molecule has 10 atom stereocenters. The fourth-order valence-corrected chi connectivity index (χ4v) is 12.1. The van der Waals surface area contributed by atoms with E-state index in [0.29, 0.717) is 55.1 Å². The van der Waals surface area contributed by atoms with E-state index in [1.807, 2.05) is 26.8 Å². The average Bonchev–Trinajstić information content (AvgIpc) is 1.61. The van der Waals surface area contributed by atoms with E-state index in [-0.39, 0.29) is 84.3 Å². The molecule has 1 unspecified atom stereocenters. The lowest BCUT2D eigenvalue weighted by atomic mass is 9.78. The van der Waals surface area contributed by atoms with Crippen LogP contribution in [0.3, 0.4) is 0 Å². The van der Waals surface area contributed by atoms with Gasteiger partial charge in [0.05, 0.1) is 49.0 Å². The van der Waals surface area contributed by atoms with Crippen molar-refractivity contribution in [2.24, 2.45) is 29.4 Å². The Kier molecular flexibility index (Phi) is 23.5. The number of nitrogens with zero attached hydrogens (tertiary/aromatic N) is 2. The molecule has 2 aromatic rings. The molecule has 7 amide bonds. The van der Waals surface area contributed by atoms with Crippen LogP contribution < -0.4 is 31.3 Å². The van der Waals surface area contributed by atoms with E-state index < -0.39 is 126 Å². The van der Waals surface area contributed by atoms with Crippen LogP contribution in [0.4, 0.5) is 34.1 Å². The van der Waals surface area contributed by atoms with Gasteiger partial charge in [0.2, 0.25) is 23.6 Å². The zero-order valence-corrected chi connectivity index (χ0v) is 51.6. The number of halogens is 4. The van der Waals surface area contributed by atoms with E-state index in [1.165, 1.54) is 44.1 Å². The number of alkyl halides is 3. The van der Waals surface area contributed by atoms with E-state index in [2.05, 4.69) is 16.0 Å². The highest BCUT2D eigenvalue weighted by molar-refractivity contribution is 7.80. The number of hydrogen-bond donors (Lipinski definition) is 5. The maximum absolute atomic E-state index is 15.1. The van der Waals surface area contributed by atoms with Crippen molar-refractivity contribution in [1.29, 1.82) is 0 Å². The zero-order chi connectivity index (χ0) is 63.6. The number of rotatable bonds is 22. The molecule has 6 N–H and O–H groups in total. The fourth-order valence-electron chi connectivity index (χ4n) is 11.4. The number of ether oxygens (including phenoxy) is 5. The van der Waals surface area contributed by atoms with Crippen LogP contribution in [-0.2, 0) is 66.7 Å². The molecule has 0 aliphatic carbocycles. The SMILES string of the molecule is COc1cc2cc(c1Cl)N(C)C(=O)C[C@H](OC(=O)Nc1ccc(CC(=O)[C@H](CCCNC(N)=O)NC(=O)[C@@H](CC(=S)CCCCCN3C(=O)CC(C)C3=O)C(C)C)cc1C(F)(F)F)[C@]1(C)O[C@H]1[C@H](C)[C@@H]1C[C@@](O)(CC(=O)O1)[C@H](OC)/C=C/C=C(\C)C2. The van der Waals surface area contributed by atoms with Gasteiger partial charge in [-0.2, -0.15) is 13.2 Å². The van der Waals surface area contributed by atoms with Crippen molar-refractivity contribution in [3.05, 3.63) is 75.8 Å². The van der Waals surface area contributed by atoms with Crippen LogP contribution in [0, 0.1) is 23.7 Å². The second-order valence-corrected chi connectivity index (χ2v) is 24.5. The van der Waals surface area contributed by atoms with E-state index in [0.717, 1.165) is 11.6 Å². The predicted octanol–water partition coefficient (Wildman–Crippen LogP) is 8.67. The third-order valence-electron chi connectivity index (χ3n) is 16.5. The average molecular weight is 1250 g/mol. The lowest BCUT2D eigenvalue weighted by Crippen LogP contribution is -2.53. The molecule has 0 saturated carbocycles. The molecule has 4 heterocycles. The molecular formula is C61H80ClF3N6O14S. The number of methoxy groups -OCH3 is 2. The highest BCUT2D eigenvalue weighted by Crippen LogP contribution is 2.50. The van der Waals surface area contributed by atoms with Gasteiger partial charge in [-0.1, -0.05) is 87.8 Å². The molecule has 0 aromatic heterocycles. The molecule has 0 spiro atoms. The van der Waals surface area contributed by atoms with Crippen molar-refractivity contribution in [3.8, 4) is 5.75 Å². The van der Waals surface area contributed by atoms with E-state index >= 15 is 13.2 Å². The van der Waals surface area contributed by atoms with Crippen molar-refractivity contribution in [2.45, 2.75) is 173 Å². The molecule has 20 nitrogen and oxygen atoms in total. The molecule has 3 saturated heterocycles. The number of epoxide rings is 1. The second kappa shape index (κ2) is 29.5. The van der Waals surface area contributed by atoms with Crippen LogP contribution in [0.2, 0.25) is 5.02 Å². The second-order valence-electron chi connectivity index (χ2n) is 23.5. The summed E-state index contributed by atoms with van der Waals surface area (Å²) in [6, 6.07) is 4.19. The summed E-state index contributed by atoms with van der Waals surface area (Å²) in [6.07, 6.45) is -4.13. The number of esters is 1. The minimum Gasteiger partial charge on any atom is -0.495 e. The molecular weight excluding hydrogens is 1170 g/mol. The standard InChI is InChI=1S/C61H80ClF3N6O14S/c1-33(2)40(29-39(86)16-11-10-12-22-71-51(74)24-35(4)56(71)77)55(76)68-43(17-14-21-67-57(66)78)45(72)27-37-19-20-42(41(25-37)61(63,64)65)69-58(79)84-49-30-50(73)70(7)44-26-38(28-46(81-8)53(44)62)23-34(3)15-13-18-48(82-9)60(80)31-47(83-52(75)32-60)36(5)54-59(49,6)85-54/h13,15,18-20,25-26,28,33,35-36,40,43,47-49,54,80H,10-12,14,16-17,21-24,27,29-32H2,1-9H3,(H,68,76)(H,69,79)(H3,66,67,78)/b18-13+,34-15+/t35?,36-,40+,43+,47+,48-,49+,54+,59+,60-/m1/s1. The third-order valence-corrected chi connectivity index (χ3v) is 17.3. The van der Waals surface area contributed by atoms with Crippen LogP contribution in [0.5, 0.6) is 5.75 Å². The summed E-state index contributed by atoms with van der Waals surface area (Å²) in [6.45, 7) is 10.8. The Balaban J connectivity index is 1.21. The van der Waals surface area contributed by atoms with Gasteiger partial charge in [0, 0.05) is 64.3 Å². The lowest BCUT2D eigenvalue weighted by molar-refractivity contribution is -0.187. The van der Waals surface area contributed by atoms with Crippen LogP contribution in [0.1, 0.15) is 129 Å². The van der Waals surface area contributed by atoms with Crippen molar-refractivity contribution in [3.63, 3.8) is 0 Å². The number of nitrogens with one attached hydrogen (secondary N) is 3. The van der Waals surface area contributed by atoms with Crippen LogP contribution >= 0.6 is 23.8 Å². The van der Waals surface area contributed by atoms with Crippen LogP contribution in [0.15, 0.2) is 54.1 Å². The largest absolute Gasteiger partial charge is 0.495 e. The minimum absolute atomic E-state index is 0.0228. The molecule has 25 heteroatoms. The Labute approximate surface area is 509 Å². The predicted molar refractivity (Wildman–Crippen MR) is 317 cm³/mol. The molecule has 472 valence electrons. The number of amides is 7. The van der Waals surface area contributed by atoms with Gasteiger partial charge in [0.25, 0.3) is 0 Å². The number of urea groups is 1. The first-order chi connectivity index (χ1) is 40.4. The number of primary amides is 1. The monoisotopic (exact) mass is 1240 g/mol. The maximum atomic E-state index is 15.1. The quantitative estimate of drug-likeness (QED) is 0.0242. The van der Waals surface area contributed by atoms with Gasteiger partial charge in [-0.15, -0.1) is 0 Å². The Hall–Kier alpha value is -6.47. The smallest absolute Gasteiger partial charge is 0.418 e. The summed E-state index contributed by atoms with van der Waals surface area (Å²) in [7, 11) is 4.25. The van der Waals surface area contributed by atoms with Crippen molar-refractivity contribution in [2.75, 3.05) is 44.6 Å². The number of carbonyl (C=O) groups excluding carboxylic acids is 8. The fraction of sp³-hybridized carbons (Fsp3) is 0.590. The number of allylic oxidation sites excluding steroid dienone is 3. The number of nitrogens with two attached hydrogens (primary N) is 1. The Morgan fingerprint density at radius 2 is 1.73 bits per heavy atom. The molecule has 3 fully saturated rings. The first-order valence-electron chi connectivity index (χ1n) is 28.9. The van der Waals surface area contributed by atoms with Crippen LogP contribution in [-0.4, -0.2) is 138 Å². The number of hydrogen-bond acceptors (Lipinski definition) is 15. The van der Waals surface area contributed by atoms with Crippen molar-refractivity contribution >= 4 is 87.6 Å². The van der Waals surface area contributed by atoms with Crippen molar-refractivity contribution < 1.29 is 80.3 Å². The number of aliphatic hydroxyl groups is 1. The number of fused-ring (bicyclic) bond motifs is 5. The van der Waals surface area contributed by atoms with Gasteiger partial charge in [-0.05, 0) is 105 Å². The number of benzene rings is 2.